The molecule has 2 aliphatic rings. The third-order valence-corrected chi connectivity index (χ3v) is 8.36. The molecule has 9 heteroatoms. The van der Waals surface area contributed by atoms with E-state index in [2.05, 4.69) is 4.90 Å². The monoisotopic (exact) mass is 511 g/mol. The highest BCUT2D eigenvalue weighted by atomic mass is 35.5. The lowest BCUT2D eigenvalue weighted by molar-refractivity contribution is 0.404. The number of aliphatic imine (C=N–C) groups is 1. The first-order valence-electron chi connectivity index (χ1n) is 11.4. The van der Waals surface area contributed by atoms with E-state index >= 15 is 0 Å². The van der Waals surface area contributed by atoms with Crippen molar-refractivity contribution in [2.75, 3.05) is 33.3 Å². The maximum Gasteiger partial charge on any atom is 0.243 e. The van der Waals surface area contributed by atoms with Crippen LogP contribution >= 0.6 is 11.6 Å². The minimum atomic E-state index is -3.62. The number of hydrogen-bond acceptors (Lipinski definition) is 6. The van der Waals surface area contributed by atoms with Crippen molar-refractivity contribution in [3.8, 4) is 17.2 Å². The van der Waals surface area contributed by atoms with E-state index in [-0.39, 0.29) is 4.90 Å². The summed E-state index contributed by atoms with van der Waals surface area (Å²) < 4.78 is 39.7. The average molecular weight is 512 g/mol. The van der Waals surface area contributed by atoms with Crippen LogP contribution in [0.4, 0.5) is 5.69 Å². The Balaban J connectivity index is 1.48. The molecular formula is C26H26ClN3O4S. The van der Waals surface area contributed by atoms with Gasteiger partial charge in [0.2, 0.25) is 10.0 Å². The molecule has 3 aromatic rings. The van der Waals surface area contributed by atoms with Gasteiger partial charge in [-0.1, -0.05) is 17.7 Å². The Morgan fingerprint density at radius 1 is 0.943 bits per heavy atom. The summed E-state index contributed by atoms with van der Waals surface area (Å²) in [5.74, 6) is 2.78. The Morgan fingerprint density at radius 2 is 1.74 bits per heavy atom. The van der Waals surface area contributed by atoms with Crippen LogP contribution in [-0.2, 0) is 10.0 Å². The topological polar surface area (TPSA) is 71.4 Å². The summed E-state index contributed by atoms with van der Waals surface area (Å²) in [7, 11) is -2.00. The minimum absolute atomic E-state index is 0.247. The van der Waals surface area contributed by atoms with E-state index in [1.165, 1.54) is 4.31 Å². The van der Waals surface area contributed by atoms with Gasteiger partial charge in [0.15, 0.2) is 5.75 Å². The summed E-state index contributed by atoms with van der Waals surface area (Å²) in [6, 6.07) is 17.9. The largest absolute Gasteiger partial charge is 0.497 e. The van der Waals surface area contributed by atoms with Gasteiger partial charge in [0, 0.05) is 37.3 Å². The Morgan fingerprint density at radius 3 is 2.51 bits per heavy atom. The molecule has 5 rings (SSSR count). The molecular weight excluding hydrogens is 486 g/mol. The van der Waals surface area contributed by atoms with Crippen LogP contribution in [0, 0.1) is 6.92 Å². The quantitative estimate of drug-likeness (QED) is 0.481. The number of fused-ring (bicyclic) bond motifs is 2. The number of hydrogen-bond donors (Lipinski definition) is 0. The lowest BCUT2D eigenvalue weighted by Gasteiger charge is -2.25. The van der Waals surface area contributed by atoms with Crippen molar-refractivity contribution in [3.05, 3.63) is 76.8 Å². The molecule has 0 unspecified atom stereocenters. The number of methoxy groups -OCH3 is 1. The molecule has 1 saturated heterocycles. The van der Waals surface area contributed by atoms with Crippen LogP contribution in [0.25, 0.3) is 0 Å². The summed E-state index contributed by atoms with van der Waals surface area (Å²) in [5.41, 5.74) is 2.65. The predicted molar refractivity (Wildman–Crippen MR) is 137 cm³/mol. The highest BCUT2D eigenvalue weighted by molar-refractivity contribution is 7.89. The molecule has 0 aliphatic carbocycles. The second kappa shape index (κ2) is 9.53. The van der Waals surface area contributed by atoms with E-state index in [4.69, 9.17) is 26.1 Å². The van der Waals surface area contributed by atoms with Gasteiger partial charge in [-0.3, -0.25) is 0 Å². The Kier molecular flexibility index (Phi) is 6.44. The number of amidine groups is 1. The summed E-state index contributed by atoms with van der Waals surface area (Å²) in [4.78, 5) is 7.38. The van der Waals surface area contributed by atoms with Crippen molar-refractivity contribution in [3.63, 3.8) is 0 Å². The standard InChI is InChI=1S/C26H26ClN3O4S/c1-18-4-11-23-25(16-18)34-24-17-20(33-2)7-10-22(24)26(28-23)29-12-3-13-30(15-14-29)35(31,32)21-8-5-19(27)6-9-21/h4-11,16-17H,3,12-15H2,1-2H3. The average Bonchev–Trinajstić information content (AvgIpc) is 3.19. The van der Waals surface area contributed by atoms with Gasteiger partial charge in [0.25, 0.3) is 0 Å². The first-order valence-corrected chi connectivity index (χ1v) is 13.2. The van der Waals surface area contributed by atoms with Crippen LogP contribution in [0.2, 0.25) is 5.02 Å². The van der Waals surface area contributed by atoms with Crippen LogP contribution in [0.3, 0.4) is 0 Å². The second-order valence-electron chi connectivity index (χ2n) is 8.57. The van der Waals surface area contributed by atoms with E-state index in [0.29, 0.717) is 54.9 Å². The Labute approximate surface area is 210 Å². The molecule has 2 aliphatic heterocycles. The molecule has 0 spiro atoms. The summed E-state index contributed by atoms with van der Waals surface area (Å²) >= 11 is 5.95. The van der Waals surface area contributed by atoms with Crippen LogP contribution in [-0.4, -0.2) is 56.7 Å². The molecule has 0 aromatic heterocycles. The van der Waals surface area contributed by atoms with Crippen molar-refractivity contribution in [1.29, 1.82) is 0 Å². The van der Waals surface area contributed by atoms with Crippen molar-refractivity contribution in [2.45, 2.75) is 18.2 Å². The third kappa shape index (κ3) is 4.74. The van der Waals surface area contributed by atoms with E-state index in [0.717, 1.165) is 22.6 Å². The predicted octanol–water partition coefficient (Wildman–Crippen LogP) is 5.24. The highest BCUT2D eigenvalue weighted by Crippen LogP contribution is 2.40. The lowest BCUT2D eigenvalue weighted by Crippen LogP contribution is -2.37. The fourth-order valence-electron chi connectivity index (χ4n) is 4.33. The van der Waals surface area contributed by atoms with Gasteiger partial charge in [-0.2, -0.15) is 4.31 Å². The van der Waals surface area contributed by atoms with Crippen LogP contribution < -0.4 is 9.47 Å². The minimum Gasteiger partial charge on any atom is -0.497 e. The number of ether oxygens (including phenoxy) is 2. The van der Waals surface area contributed by atoms with Crippen molar-refractivity contribution >= 4 is 33.1 Å². The van der Waals surface area contributed by atoms with Gasteiger partial charge in [-0.05, 0) is 67.4 Å². The molecule has 0 bridgehead atoms. The lowest BCUT2D eigenvalue weighted by atomic mass is 10.1. The zero-order valence-corrected chi connectivity index (χ0v) is 21.1. The molecule has 0 atom stereocenters. The van der Waals surface area contributed by atoms with E-state index in [1.54, 1.807) is 31.4 Å². The molecule has 2 heterocycles. The molecule has 3 aromatic carbocycles. The summed E-state index contributed by atoms with van der Waals surface area (Å²) in [5, 5.41) is 0.505. The zero-order valence-electron chi connectivity index (χ0n) is 19.6. The number of rotatable bonds is 3. The van der Waals surface area contributed by atoms with Crippen LogP contribution in [0.15, 0.2) is 70.6 Å². The van der Waals surface area contributed by atoms with Crippen LogP contribution in [0.5, 0.6) is 17.2 Å². The fourth-order valence-corrected chi connectivity index (χ4v) is 5.93. The van der Waals surface area contributed by atoms with Gasteiger partial charge >= 0.3 is 0 Å². The fraction of sp³-hybridized carbons (Fsp3) is 0.269. The number of benzene rings is 3. The SMILES string of the molecule is COc1ccc2c(c1)Oc1cc(C)ccc1N=C2N1CCCN(S(=O)(=O)c2ccc(Cl)cc2)CC1. The maximum atomic E-state index is 13.3. The summed E-state index contributed by atoms with van der Waals surface area (Å²) in [6.07, 6.45) is 0.666. The Hall–Kier alpha value is -3.07. The molecule has 0 amide bonds. The number of halogens is 1. The molecule has 182 valence electrons. The normalized spacial score (nSPS) is 16.3. The zero-order chi connectivity index (χ0) is 24.6. The number of aryl methyl sites for hydroxylation is 1. The number of nitrogens with zero attached hydrogens (tertiary/aromatic N) is 3. The van der Waals surface area contributed by atoms with E-state index < -0.39 is 10.0 Å². The van der Waals surface area contributed by atoms with E-state index in [1.807, 2.05) is 43.3 Å². The first-order chi connectivity index (χ1) is 16.8. The van der Waals surface area contributed by atoms with Crippen molar-refractivity contribution in [2.24, 2.45) is 4.99 Å². The molecule has 0 N–H and O–H groups in total. The second-order valence-corrected chi connectivity index (χ2v) is 10.9. The number of sulfonamides is 1. The molecule has 0 saturated carbocycles. The van der Waals surface area contributed by atoms with Gasteiger partial charge in [0.1, 0.15) is 23.0 Å². The molecule has 35 heavy (non-hydrogen) atoms. The molecule has 7 nitrogen and oxygen atoms in total. The first kappa shape index (κ1) is 23.7. The van der Waals surface area contributed by atoms with Gasteiger partial charge in [-0.25, -0.2) is 13.4 Å². The van der Waals surface area contributed by atoms with Crippen molar-refractivity contribution < 1.29 is 17.9 Å². The smallest absolute Gasteiger partial charge is 0.243 e. The van der Waals surface area contributed by atoms with Gasteiger partial charge in [0.05, 0.1) is 17.6 Å². The van der Waals surface area contributed by atoms with Crippen LogP contribution in [0.1, 0.15) is 17.5 Å². The highest BCUT2D eigenvalue weighted by Gasteiger charge is 2.30. The molecule has 0 radical (unpaired) electrons. The maximum absolute atomic E-state index is 13.3. The third-order valence-electron chi connectivity index (χ3n) is 6.20. The summed E-state index contributed by atoms with van der Waals surface area (Å²) in [6.45, 7) is 3.94. The van der Waals surface area contributed by atoms with Gasteiger partial charge in [-0.15, -0.1) is 0 Å². The van der Waals surface area contributed by atoms with Gasteiger partial charge < -0.3 is 14.4 Å². The van der Waals surface area contributed by atoms with E-state index in [9.17, 15) is 8.42 Å². The van der Waals surface area contributed by atoms with Crippen molar-refractivity contribution in [1.82, 2.24) is 9.21 Å². The molecule has 1 fully saturated rings. The Bertz CT molecular complexity index is 1390.